The van der Waals surface area contributed by atoms with Crippen LogP contribution < -0.4 is 5.73 Å². The third-order valence-electron chi connectivity index (χ3n) is 4.47. The second kappa shape index (κ2) is 6.35. The topological polar surface area (TPSA) is 29.3 Å². The van der Waals surface area contributed by atoms with E-state index in [0.29, 0.717) is 12.0 Å². The van der Waals surface area contributed by atoms with Crippen LogP contribution in [-0.2, 0) is 12.8 Å². The minimum Gasteiger partial charge on any atom is -0.329 e. The second-order valence-corrected chi connectivity index (χ2v) is 5.49. The van der Waals surface area contributed by atoms with Gasteiger partial charge in [0.05, 0.1) is 0 Å². The lowest BCUT2D eigenvalue weighted by Crippen LogP contribution is -2.45. The lowest BCUT2D eigenvalue weighted by atomic mass is 9.97. The predicted octanol–water partition coefficient (Wildman–Crippen LogP) is 2.46. The zero-order chi connectivity index (χ0) is 13.0. The van der Waals surface area contributed by atoms with E-state index < -0.39 is 0 Å². The van der Waals surface area contributed by atoms with Crippen LogP contribution in [0.1, 0.15) is 31.4 Å². The Morgan fingerprint density at radius 3 is 2.17 bits per heavy atom. The van der Waals surface area contributed by atoms with E-state index in [0.717, 1.165) is 19.6 Å². The van der Waals surface area contributed by atoms with Gasteiger partial charge in [-0.15, -0.1) is 0 Å². The average Bonchev–Trinajstić information content (AvgIpc) is 2.62. The summed E-state index contributed by atoms with van der Waals surface area (Å²) in [6, 6.07) is 9.41. The fourth-order valence-electron chi connectivity index (χ4n) is 3.03. The summed E-state index contributed by atoms with van der Waals surface area (Å²) in [6.07, 6.45) is 3.55. The molecular formula is C16H26N2. The average molecular weight is 246 g/mol. The molecule has 2 heteroatoms. The molecule has 1 aliphatic heterocycles. The summed E-state index contributed by atoms with van der Waals surface area (Å²) < 4.78 is 0. The van der Waals surface area contributed by atoms with Gasteiger partial charge in [0.2, 0.25) is 0 Å². The van der Waals surface area contributed by atoms with Crippen molar-refractivity contribution in [2.45, 2.75) is 39.2 Å². The standard InChI is InChI=1S/C16H26N2/c1-3-13(2)16(12-17)18-10-8-14-6-4-5-7-15(14)9-11-18/h4-7,13,16H,3,8-12,17H2,1-2H3. The van der Waals surface area contributed by atoms with Gasteiger partial charge in [0.15, 0.2) is 0 Å². The van der Waals surface area contributed by atoms with Gasteiger partial charge < -0.3 is 5.73 Å². The van der Waals surface area contributed by atoms with Gasteiger partial charge >= 0.3 is 0 Å². The molecule has 0 aliphatic carbocycles. The SMILES string of the molecule is CCC(C)C(CN)N1CCc2ccccc2CC1. The summed E-state index contributed by atoms with van der Waals surface area (Å²) >= 11 is 0. The summed E-state index contributed by atoms with van der Waals surface area (Å²) in [5.41, 5.74) is 9.05. The minimum absolute atomic E-state index is 0.546. The Morgan fingerprint density at radius 2 is 1.72 bits per heavy atom. The van der Waals surface area contributed by atoms with Gasteiger partial charge in [-0.1, -0.05) is 44.5 Å². The molecule has 2 unspecified atom stereocenters. The molecule has 0 radical (unpaired) electrons. The van der Waals surface area contributed by atoms with Gasteiger partial charge in [0.1, 0.15) is 0 Å². The smallest absolute Gasteiger partial charge is 0.0244 e. The van der Waals surface area contributed by atoms with Crippen molar-refractivity contribution >= 4 is 0 Å². The Bertz CT molecular complexity index is 348. The molecule has 0 fully saturated rings. The van der Waals surface area contributed by atoms with Crippen LogP contribution in [0.4, 0.5) is 0 Å². The van der Waals surface area contributed by atoms with Gasteiger partial charge in [0.25, 0.3) is 0 Å². The van der Waals surface area contributed by atoms with Crippen LogP contribution >= 0.6 is 0 Å². The van der Waals surface area contributed by atoms with Crippen molar-refractivity contribution in [3.63, 3.8) is 0 Å². The summed E-state index contributed by atoms with van der Waals surface area (Å²) in [6.45, 7) is 7.69. The van der Waals surface area contributed by atoms with E-state index in [-0.39, 0.29) is 0 Å². The first-order chi connectivity index (χ1) is 8.76. The van der Waals surface area contributed by atoms with Crippen molar-refractivity contribution in [1.29, 1.82) is 0 Å². The number of fused-ring (bicyclic) bond motifs is 1. The molecule has 0 amide bonds. The Kier molecular flexibility index (Phi) is 4.79. The fourth-order valence-corrected chi connectivity index (χ4v) is 3.03. The van der Waals surface area contributed by atoms with Gasteiger partial charge in [0, 0.05) is 25.7 Å². The van der Waals surface area contributed by atoms with Crippen molar-refractivity contribution in [3.05, 3.63) is 35.4 Å². The molecule has 2 rings (SSSR count). The first-order valence-electron chi connectivity index (χ1n) is 7.27. The highest BCUT2D eigenvalue weighted by molar-refractivity contribution is 5.28. The van der Waals surface area contributed by atoms with E-state index in [9.17, 15) is 0 Å². The molecule has 0 saturated carbocycles. The third kappa shape index (κ3) is 2.93. The molecular weight excluding hydrogens is 220 g/mol. The maximum Gasteiger partial charge on any atom is 0.0244 e. The second-order valence-electron chi connectivity index (χ2n) is 5.49. The monoisotopic (exact) mass is 246 g/mol. The lowest BCUT2D eigenvalue weighted by Gasteiger charge is -2.33. The molecule has 100 valence electrons. The van der Waals surface area contributed by atoms with Crippen LogP contribution in [-0.4, -0.2) is 30.6 Å². The molecule has 0 aromatic heterocycles. The van der Waals surface area contributed by atoms with E-state index in [2.05, 4.69) is 43.0 Å². The third-order valence-corrected chi connectivity index (χ3v) is 4.47. The van der Waals surface area contributed by atoms with Gasteiger partial charge in [-0.3, -0.25) is 4.90 Å². The Morgan fingerprint density at radius 1 is 1.17 bits per heavy atom. The highest BCUT2D eigenvalue weighted by atomic mass is 15.2. The molecule has 2 atom stereocenters. The Hall–Kier alpha value is -0.860. The summed E-state index contributed by atoms with van der Waals surface area (Å²) in [5.74, 6) is 0.691. The van der Waals surface area contributed by atoms with Crippen molar-refractivity contribution < 1.29 is 0 Å². The molecule has 2 nitrogen and oxygen atoms in total. The molecule has 1 heterocycles. The summed E-state index contributed by atoms with van der Waals surface area (Å²) in [5, 5.41) is 0. The van der Waals surface area contributed by atoms with Gasteiger partial charge in [-0.25, -0.2) is 0 Å². The number of hydrogen-bond acceptors (Lipinski definition) is 2. The molecule has 1 aromatic carbocycles. The Balaban J connectivity index is 2.07. The number of nitrogens with zero attached hydrogens (tertiary/aromatic N) is 1. The number of rotatable bonds is 4. The predicted molar refractivity (Wildman–Crippen MR) is 77.7 cm³/mol. The largest absolute Gasteiger partial charge is 0.329 e. The molecule has 0 spiro atoms. The van der Waals surface area contributed by atoms with E-state index in [1.807, 2.05) is 0 Å². The summed E-state index contributed by atoms with van der Waals surface area (Å²) in [7, 11) is 0. The molecule has 2 N–H and O–H groups in total. The fraction of sp³-hybridized carbons (Fsp3) is 0.625. The van der Waals surface area contributed by atoms with Crippen LogP contribution in [0.15, 0.2) is 24.3 Å². The van der Waals surface area contributed by atoms with E-state index in [1.165, 1.54) is 30.4 Å². The highest BCUT2D eigenvalue weighted by Gasteiger charge is 2.23. The Labute approximate surface area is 111 Å². The normalized spacial score (nSPS) is 19.9. The first-order valence-corrected chi connectivity index (χ1v) is 7.27. The van der Waals surface area contributed by atoms with Crippen LogP contribution in [0, 0.1) is 5.92 Å². The number of nitrogens with two attached hydrogens (primary N) is 1. The lowest BCUT2D eigenvalue weighted by molar-refractivity contribution is 0.157. The zero-order valence-corrected chi connectivity index (χ0v) is 11.7. The van der Waals surface area contributed by atoms with E-state index in [4.69, 9.17) is 5.73 Å². The maximum absolute atomic E-state index is 5.99. The van der Waals surface area contributed by atoms with Crippen molar-refractivity contribution in [2.75, 3.05) is 19.6 Å². The van der Waals surface area contributed by atoms with Crippen LogP contribution in [0.2, 0.25) is 0 Å². The molecule has 18 heavy (non-hydrogen) atoms. The first kappa shape index (κ1) is 13.6. The highest BCUT2D eigenvalue weighted by Crippen LogP contribution is 2.20. The molecule has 0 saturated heterocycles. The summed E-state index contributed by atoms with van der Waals surface area (Å²) in [4.78, 5) is 2.61. The van der Waals surface area contributed by atoms with Crippen molar-refractivity contribution in [1.82, 2.24) is 4.90 Å². The van der Waals surface area contributed by atoms with Crippen molar-refractivity contribution in [3.8, 4) is 0 Å². The van der Waals surface area contributed by atoms with Crippen LogP contribution in [0.25, 0.3) is 0 Å². The minimum atomic E-state index is 0.546. The van der Waals surface area contributed by atoms with Crippen LogP contribution in [0.3, 0.4) is 0 Å². The maximum atomic E-state index is 5.99. The van der Waals surface area contributed by atoms with E-state index >= 15 is 0 Å². The van der Waals surface area contributed by atoms with E-state index in [1.54, 1.807) is 0 Å². The number of hydrogen-bond donors (Lipinski definition) is 1. The van der Waals surface area contributed by atoms with Crippen molar-refractivity contribution in [2.24, 2.45) is 11.7 Å². The zero-order valence-electron chi connectivity index (χ0n) is 11.7. The quantitative estimate of drug-likeness (QED) is 0.884. The number of benzene rings is 1. The molecule has 1 aliphatic rings. The van der Waals surface area contributed by atoms with Gasteiger partial charge in [-0.05, 0) is 29.9 Å². The molecule has 0 bridgehead atoms. The molecule has 1 aromatic rings. The van der Waals surface area contributed by atoms with Crippen LogP contribution in [0.5, 0.6) is 0 Å². The van der Waals surface area contributed by atoms with Gasteiger partial charge in [-0.2, -0.15) is 0 Å².